The summed E-state index contributed by atoms with van der Waals surface area (Å²) in [4.78, 5) is 26.3. The van der Waals surface area contributed by atoms with Crippen molar-refractivity contribution in [3.05, 3.63) is 0 Å². The van der Waals surface area contributed by atoms with E-state index in [0.29, 0.717) is 12.6 Å². The van der Waals surface area contributed by atoms with Gasteiger partial charge >= 0.3 is 0 Å². The van der Waals surface area contributed by atoms with E-state index in [1.807, 2.05) is 7.05 Å². The summed E-state index contributed by atoms with van der Waals surface area (Å²) in [5, 5.41) is 3.24. The van der Waals surface area contributed by atoms with Crippen molar-refractivity contribution in [2.24, 2.45) is 0 Å². The van der Waals surface area contributed by atoms with Crippen LogP contribution in [0.2, 0.25) is 0 Å². The average molecular weight is 241 g/mol. The Morgan fingerprint density at radius 3 is 2.59 bits per heavy atom. The Morgan fingerprint density at radius 2 is 2.00 bits per heavy atom. The molecule has 0 aromatic carbocycles. The van der Waals surface area contributed by atoms with Crippen molar-refractivity contribution >= 4 is 11.8 Å². The molecule has 17 heavy (non-hydrogen) atoms. The van der Waals surface area contributed by atoms with Crippen molar-refractivity contribution in [2.75, 3.05) is 33.7 Å². The molecule has 1 aliphatic rings. The van der Waals surface area contributed by atoms with E-state index in [-0.39, 0.29) is 24.9 Å². The van der Waals surface area contributed by atoms with Gasteiger partial charge in [0.15, 0.2) is 0 Å². The standard InChI is InChI=1S/C12H23N3O2/c1-4-10(13-2)6-5-7-15-9-11(16)14(3)8-12(15)17/h10,13H,4-9H2,1-3H3. The molecule has 0 radical (unpaired) electrons. The van der Waals surface area contributed by atoms with Gasteiger partial charge in [0.05, 0.1) is 13.1 Å². The van der Waals surface area contributed by atoms with E-state index in [0.717, 1.165) is 19.3 Å². The quantitative estimate of drug-likeness (QED) is 0.716. The van der Waals surface area contributed by atoms with E-state index in [1.165, 1.54) is 4.90 Å². The van der Waals surface area contributed by atoms with Gasteiger partial charge in [-0.3, -0.25) is 9.59 Å². The average Bonchev–Trinajstić information content (AvgIpc) is 2.31. The lowest BCUT2D eigenvalue weighted by Gasteiger charge is -2.31. The molecule has 0 aromatic heterocycles. The molecule has 1 fully saturated rings. The van der Waals surface area contributed by atoms with Crippen LogP contribution in [0.4, 0.5) is 0 Å². The van der Waals surface area contributed by atoms with Crippen molar-refractivity contribution in [3.63, 3.8) is 0 Å². The molecular weight excluding hydrogens is 218 g/mol. The van der Waals surface area contributed by atoms with Gasteiger partial charge in [0, 0.05) is 19.6 Å². The van der Waals surface area contributed by atoms with Gasteiger partial charge < -0.3 is 15.1 Å². The maximum absolute atomic E-state index is 11.7. The minimum Gasteiger partial charge on any atom is -0.335 e. The third-order valence-electron chi connectivity index (χ3n) is 3.36. The van der Waals surface area contributed by atoms with Crippen molar-refractivity contribution in [3.8, 4) is 0 Å². The van der Waals surface area contributed by atoms with Crippen LogP contribution in [0.15, 0.2) is 0 Å². The molecule has 1 N–H and O–H groups in total. The first-order chi connectivity index (χ1) is 8.08. The summed E-state index contributed by atoms with van der Waals surface area (Å²) in [5.74, 6) is 0.0925. The van der Waals surface area contributed by atoms with Crippen LogP contribution < -0.4 is 5.32 Å². The fourth-order valence-electron chi connectivity index (χ4n) is 2.05. The van der Waals surface area contributed by atoms with Crippen molar-refractivity contribution in [2.45, 2.75) is 32.2 Å². The molecule has 0 spiro atoms. The number of hydrogen-bond acceptors (Lipinski definition) is 3. The minimum atomic E-state index is 0.0326. The van der Waals surface area contributed by atoms with E-state index in [2.05, 4.69) is 12.2 Å². The number of rotatable bonds is 6. The predicted molar refractivity (Wildman–Crippen MR) is 66.6 cm³/mol. The highest BCUT2D eigenvalue weighted by Crippen LogP contribution is 2.07. The summed E-state index contributed by atoms with van der Waals surface area (Å²) in [6, 6.07) is 0.508. The number of carbonyl (C=O) groups is 2. The number of amides is 2. The zero-order chi connectivity index (χ0) is 12.8. The van der Waals surface area contributed by atoms with Crippen LogP contribution >= 0.6 is 0 Å². The number of nitrogens with one attached hydrogen (secondary N) is 1. The second-order valence-corrected chi connectivity index (χ2v) is 4.60. The number of nitrogens with zero attached hydrogens (tertiary/aromatic N) is 2. The molecule has 1 heterocycles. The highest BCUT2D eigenvalue weighted by Gasteiger charge is 2.26. The third-order valence-corrected chi connectivity index (χ3v) is 3.36. The van der Waals surface area contributed by atoms with Crippen molar-refractivity contribution in [1.82, 2.24) is 15.1 Å². The Labute approximate surface area is 103 Å². The van der Waals surface area contributed by atoms with E-state index < -0.39 is 0 Å². The molecular formula is C12H23N3O2. The SMILES string of the molecule is CCC(CCCN1CC(=O)N(C)CC1=O)NC. The van der Waals surface area contributed by atoms with E-state index in [1.54, 1.807) is 11.9 Å². The van der Waals surface area contributed by atoms with Crippen LogP contribution in [0, 0.1) is 0 Å². The Kier molecular flexibility index (Phi) is 5.41. The lowest BCUT2D eigenvalue weighted by molar-refractivity contribution is -0.148. The molecule has 1 aliphatic heterocycles. The van der Waals surface area contributed by atoms with Gasteiger partial charge in [-0.15, -0.1) is 0 Å². The molecule has 0 aromatic rings. The van der Waals surface area contributed by atoms with E-state index >= 15 is 0 Å². The smallest absolute Gasteiger partial charge is 0.242 e. The topological polar surface area (TPSA) is 52.7 Å². The Hall–Kier alpha value is -1.10. The Morgan fingerprint density at radius 1 is 1.29 bits per heavy atom. The lowest BCUT2D eigenvalue weighted by atomic mass is 10.1. The minimum absolute atomic E-state index is 0.0326. The molecule has 0 bridgehead atoms. The summed E-state index contributed by atoms with van der Waals surface area (Å²) in [7, 11) is 3.63. The molecule has 1 rings (SSSR count). The largest absolute Gasteiger partial charge is 0.335 e. The molecule has 5 heteroatoms. The first-order valence-corrected chi connectivity index (χ1v) is 6.27. The normalized spacial score (nSPS) is 18.8. The van der Waals surface area contributed by atoms with Crippen LogP contribution in [0.25, 0.3) is 0 Å². The molecule has 0 aliphatic carbocycles. The summed E-state index contributed by atoms with van der Waals surface area (Å²) in [6.07, 6.45) is 3.08. The number of likely N-dealkylation sites (N-methyl/N-ethyl adjacent to an activating group) is 1. The number of piperazine rings is 1. The second-order valence-electron chi connectivity index (χ2n) is 4.60. The molecule has 1 unspecified atom stereocenters. The Balaban J connectivity index is 2.31. The van der Waals surface area contributed by atoms with Crippen LogP contribution in [0.3, 0.4) is 0 Å². The van der Waals surface area contributed by atoms with Gasteiger partial charge in [0.1, 0.15) is 0 Å². The maximum Gasteiger partial charge on any atom is 0.242 e. The zero-order valence-electron chi connectivity index (χ0n) is 11.0. The van der Waals surface area contributed by atoms with Crippen LogP contribution in [0.1, 0.15) is 26.2 Å². The van der Waals surface area contributed by atoms with Crippen molar-refractivity contribution in [1.29, 1.82) is 0 Å². The van der Waals surface area contributed by atoms with E-state index in [9.17, 15) is 9.59 Å². The highest BCUT2D eigenvalue weighted by molar-refractivity contribution is 5.92. The fraction of sp³-hybridized carbons (Fsp3) is 0.833. The molecule has 1 atom stereocenters. The van der Waals surface area contributed by atoms with E-state index in [4.69, 9.17) is 0 Å². The van der Waals surface area contributed by atoms with Gasteiger partial charge in [0.2, 0.25) is 11.8 Å². The van der Waals surface area contributed by atoms with Gasteiger partial charge in [-0.1, -0.05) is 6.92 Å². The summed E-state index contributed by atoms with van der Waals surface area (Å²) in [5.41, 5.74) is 0. The monoisotopic (exact) mass is 241 g/mol. The molecule has 5 nitrogen and oxygen atoms in total. The molecule has 0 saturated carbocycles. The first kappa shape index (κ1) is 14.0. The summed E-state index contributed by atoms with van der Waals surface area (Å²) in [6.45, 7) is 3.30. The summed E-state index contributed by atoms with van der Waals surface area (Å²) >= 11 is 0. The van der Waals surface area contributed by atoms with Crippen LogP contribution in [0.5, 0.6) is 0 Å². The second kappa shape index (κ2) is 6.59. The molecule has 2 amide bonds. The Bertz CT molecular complexity index is 277. The lowest BCUT2D eigenvalue weighted by Crippen LogP contribution is -2.52. The number of hydrogen-bond donors (Lipinski definition) is 1. The molecule has 1 saturated heterocycles. The van der Waals surface area contributed by atoms with Gasteiger partial charge in [-0.25, -0.2) is 0 Å². The zero-order valence-corrected chi connectivity index (χ0v) is 11.0. The van der Waals surface area contributed by atoms with Crippen molar-refractivity contribution < 1.29 is 9.59 Å². The highest BCUT2D eigenvalue weighted by atomic mass is 16.2. The van der Waals surface area contributed by atoms with Gasteiger partial charge in [-0.2, -0.15) is 0 Å². The van der Waals surface area contributed by atoms with Gasteiger partial charge in [0.25, 0.3) is 0 Å². The van der Waals surface area contributed by atoms with Gasteiger partial charge in [-0.05, 0) is 26.3 Å². The maximum atomic E-state index is 11.7. The van der Waals surface area contributed by atoms with Crippen LogP contribution in [-0.4, -0.2) is 61.4 Å². The number of carbonyl (C=O) groups excluding carboxylic acids is 2. The summed E-state index contributed by atoms with van der Waals surface area (Å²) < 4.78 is 0. The molecule has 98 valence electrons. The predicted octanol–water partition coefficient (Wildman–Crippen LogP) is 0.0652. The fourth-order valence-corrected chi connectivity index (χ4v) is 2.05. The first-order valence-electron chi connectivity index (χ1n) is 6.27. The van der Waals surface area contributed by atoms with Crippen LogP contribution in [-0.2, 0) is 9.59 Å². The third kappa shape index (κ3) is 4.00.